The lowest BCUT2D eigenvalue weighted by Crippen LogP contribution is -2.05. The number of carbonyl (C=O) groups is 1. The van der Waals surface area contributed by atoms with Crippen molar-refractivity contribution < 1.29 is 9.53 Å². The largest absolute Gasteiger partial charge is 0.457 e. The van der Waals surface area contributed by atoms with Gasteiger partial charge in [0.15, 0.2) is 0 Å². The number of carbonyl (C=O) groups excluding carboxylic acids is 1. The lowest BCUT2D eigenvalue weighted by Gasteiger charge is -2.12. The molecule has 0 radical (unpaired) electrons. The number of allylic oxidation sites excluding steroid dienone is 1. The molecule has 0 atom stereocenters. The third-order valence-corrected chi connectivity index (χ3v) is 3.76. The van der Waals surface area contributed by atoms with E-state index in [1.807, 2.05) is 48.7 Å². The Balaban J connectivity index is 2.18. The molecule has 0 saturated carbocycles. The van der Waals surface area contributed by atoms with Gasteiger partial charge in [-0.1, -0.05) is 6.08 Å². The molecule has 22 heavy (non-hydrogen) atoms. The van der Waals surface area contributed by atoms with Gasteiger partial charge in [0, 0.05) is 17.5 Å². The van der Waals surface area contributed by atoms with Crippen LogP contribution in [0.25, 0.3) is 0 Å². The van der Waals surface area contributed by atoms with Gasteiger partial charge >= 0.3 is 0 Å². The van der Waals surface area contributed by atoms with Crippen molar-refractivity contribution in [2.75, 3.05) is 11.6 Å². The van der Waals surface area contributed by atoms with Crippen molar-refractivity contribution in [1.82, 2.24) is 0 Å². The molecule has 2 rings (SSSR count). The predicted molar refractivity (Wildman–Crippen MR) is 92.9 cm³/mol. The molecule has 0 aromatic heterocycles. The average molecular weight is 313 g/mol. The highest BCUT2D eigenvalue weighted by Crippen LogP contribution is 2.30. The van der Waals surface area contributed by atoms with Crippen molar-refractivity contribution in [2.24, 2.45) is 0 Å². The Labute approximate surface area is 135 Å². The predicted octanol–water partition coefficient (Wildman–Crippen LogP) is 4.89. The lowest BCUT2D eigenvalue weighted by atomic mass is 10.1. The summed E-state index contributed by atoms with van der Waals surface area (Å²) in [6.07, 6.45) is 4.67. The van der Waals surface area contributed by atoms with Gasteiger partial charge in [-0.3, -0.25) is 4.79 Å². The number of thioether (sulfide) groups is 1. The molecule has 1 N–H and O–H groups in total. The molecule has 4 heteroatoms. The maximum atomic E-state index is 11.0. The molecule has 0 spiro atoms. The number of benzene rings is 2. The number of hydrogen-bond donors (Lipinski definition) is 1. The summed E-state index contributed by atoms with van der Waals surface area (Å²) in [5.41, 5.74) is 1.86. The van der Waals surface area contributed by atoms with Gasteiger partial charge in [-0.25, -0.2) is 0 Å². The van der Waals surface area contributed by atoms with Crippen LogP contribution in [0.3, 0.4) is 0 Å². The second-order valence-corrected chi connectivity index (χ2v) is 5.65. The van der Waals surface area contributed by atoms with Gasteiger partial charge in [0.2, 0.25) is 5.91 Å². The summed E-state index contributed by atoms with van der Waals surface area (Å²) in [6, 6.07) is 13.5. The molecule has 0 aliphatic carbocycles. The van der Waals surface area contributed by atoms with Crippen LogP contribution in [0.2, 0.25) is 0 Å². The third-order valence-electron chi connectivity index (χ3n) is 3.03. The summed E-state index contributed by atoms with van der Waals surface area (Å²) in [7, 11) is 0. The van der Waals surface area contributed by atoms with Gasteiger partial charge in [0.1, 0.15) is 11.5 Å². The molecule has 0 aliphatic heterocycles. The Morgan fingerprint density at radius 3 is 2.59 bits per heavy atom. The van der Waals surface area contributed by atoms with Crippen LogP contribution in [0, 0.1) is 0 Å². The smallest absolute Gasteiger partial charge is 0.221 e. The van der Waals surface area contributed by atoms with Crippen LogP contribution < -0.4 is 10.1 Å². The van der Waals surface area contributed by atoms with E-state index in [9.17, 15) is 4.79 Å². The SMILES string of the molecule is C=CCc1cc(SC)ccc1Oc1ccc(NC(C)=O)cc1. The van der Waals surface area contributed by atoms with E-state index in [1.54, 1.807) is 11.8 Å². The van der Waals surface area contributed by atoms with Crippen molar-refractivity contribution in [3.63, 3.8) is 0 Å². The quantitative estimate of drug-likeness (QED) is 0.609. The fourth-order valence-electron chi connectivity index (χ4n) is 2.03. The summed E-state index contributed by atoms with van der Waals surface area (Å²) in [5, 5.41) is 2.73. The van der Waals surface area contributed by atoms with Crippen LogP contribution in [-0.4, -0.2) is 12.2 Å². The second-order valence-electron chi connectivity index (χ2n) is 4.77. The van der Waals surface area contributed by atoms with Crippen molar-refractivity contribution >= 4 is 23.4 Å². The molecule has 0 bridgehead atoms. The number of ether oxygens (including phenoxy) is 1. The van der Waals surface area contributed by atoms with Crippen LogP contribution in [0.1, 0.15) is 12.5 Å². The fraction of sp³-hybridized carbons (Fsp3) is 0.167. The Bertz CT molecular complexity index is 665. The molecule has 2 aromatic carbocycles. The molecular formula is C18H19NO2S. The van der Waals surface area contributed by atoms with Crippen LogP contribution in [0.5, 0.6) is 11.5 Å². The maximum absolute atomic E-state index is 11.0. The zero-order valence-electron chi connectivity index (χ0n) is 12.8. The van der Waals surface area contributed by atoms with Crippen molar-refractivity contribution in [3.05, 3.63) is 60.7 Å². The van der Waals surface area contributed by atoms with E-state index in [0.29, 0.717) is 0 Å². The van der Waals surface area contributed by atoms with Crippen molar-refractivity contribution in [3.8, 4) is 11.5 Å². The summed E-state index contributed by atoms with van der Waals surface area (Å²) >= 11 is 1.70. The molecule has 2 aromatic rings. The van der Waals surface area contributed by atoms with E-state index in [0.717, 1.165) is 29.2 Å². The fourth-order valence-corrected chi connectivity index (χ4v) is 2.50. The third kappa shape index (κ3) is 4.40. The first kappa shape index (κ1) is 16.2. The normalized spacial score (nSPS) is 10.1. The highest BCUT2D eigenvalue weighted by atomic mass is 32.2. The van der Waals surface area contributed by atoms with E-state index >= 15 is 0 Å². The molecule has 0 unspecified atom stereocenters. The summed E-state index contributed by atoms with van der Waals surface area (Å²) in [5.74, 6) is 1.47. The number of hydrogen-bond acceptors (Lipinski definition) is 3. The maximum Gasteiger partial charge on any atom is 0.221 e. The standard InChI is InChI=1S/C18H19NO2S/c1-4-5-14-12-17(22-3)10-11-18(14)21-16-8-6-15(7-9-16)19-13(2)20/h4,6-12H,1,5H2,2-3H3,(H,19,20). The van der Waals surface area contributed by atoms with Gasteiger partial charge < -0.3 is 10.1 Å². The van der Waals surface area contributed by atoms with Crippen molar-refractivity contribution in [2.45, 2.75) is 18.2 Å². The molecule has 3 nitrogen and oxygen atoms in total. The summed E-state index contributed by atoms with van der Waals surface area (Å²) in [4.78, 5) is 12.2. The first-order valence-corrected chi connectivity index (χ1v) is 8.18. The molecule has 0 fully saturated rings. The van der Waals surface area contributed by atoms with E-state index in [4.69, 9.17) is 4.74 Å². The van der Waals surface area contributed by atoms with Gasteiger partial charge in [0.25, 0.3) is 0 Å². The Morgan fingerprint density at radius 1 is 1.27 bits per heavy atom. The van der Waals surface area contributed by atoms with E-state index in [1.165, 1.54) is 11.8 Å². The lowest BCUT2D eigenvalue weighted by molar-refractivity contribution is -0.114. The first-order valence-electron chi connectivity index (χ1n) is 6.95. The first-order chi connectivity index (χ1) is 10.6. The molecular weight excluding hydrogens is 294 g/mol. The molecule has 1 amide bonds. The Hall–Kier alpha value is -2.20. The van der Waals surface area contributed by atoms with Gasteiger partial charge in [-0.2, -0.15) is 0 Å². The Kier molecular flexibility index (Phi) is 5.67. The van der Waals surface area contributed by atoms with Gasteiger partial charge in [0.05, 0.1) is 0 Å². The van der Waals surface area contributed by atoms with Crippen LogP contribution >= 0.6 is 11.8 Å². The highest BCUT2D eigenvalue weighted by molar-refractivity contribution is 7.98. The Morgan fingerprint density at radius 2 is 2.00 bits per heavy atom. The van der Waals surface area contributed by atoms with E-state index < -0.39 is 0 Å². The summed E-state index contributed by atoms with van der Waals surface area (Å²) < 4.78 is 5.95. The van der Waals surface area contributed by atoms with Crippen LogP contribution in [-0.2, 0) is 11.2 Å². The topological polar surface area (TPSA) is 38.3 Å². The number of rotatable bonds is 6. The average Bonchev–Trinajstić information content (AvgIpc) is 2.50. The molecule has 0 saturated heterocycles. The van der Waals surface area contributed by atoms with Gasteiger partial charge in [-0.05, 0) is 60.7 Å². The number of amides is 1. The summed E-state index contributed by atoms with van der Waals surface area (Å²) in [6.45, 7) is 5.28. The zero-order valence-corrected chi connectivity index (χ0v) is 13.6. The molecule has 0 heterocycles. The molecule has 0 aliphatic rings. The number of anilines is 1. The molecule has 114 valence electrons. The minimum atomic E-state index is -0.0883. The van der Waals surface area contributed by atoms with Crippen molar-refractivity contribution in [1.29, 1.82) is 0 Å². The van der Waals surface area contributed by atoms with Gasteiger partial charge in [-0.15, -0.1) is 18.3 Å². The second kappa shape index (κ2) is 7.71. The van der Waals surface area contributed by atoms with E-state index in [2.05, 4.69) is 18.0 Å². The monoisotopic (exact) mass is 313 g/mol. The van der Waals surface area contributed by atoms with Crippen LogP contribution in [0.15, 0.2) is 60.0 Å². The van der Waals surface area contributed by atoms with E-state index in [-0.39, 0.29) is 5.91 Å². The minimum Gasteiger partial charge on any atom is -0.457 e. The zero-order chi connectivity index (χ0) is 15.9. The number of nitrogens with one attached hydrogen (secondary N) is 1. The highest BCUT2D eigenvalue weighted by Gasteiger charge is 2.06. The minimum absolute atomic E-state index is 0.0883. The van der Waals surface area contributed by atoms with Crippen LogP contribution in [0.4, 0.5) is 5.69 Å².